The molecule has 3 N–H and O–H groups in total. The van der Waals surface area contributed by atoms with E-state index in [9.17, 15) is 4.79 Å². The van der Waals surface area contributed by atoms with Crippen LogP contribution in [0.5, 0.6) is 5.75 Å². The van der Waals surface area contributed by atoms with Crippen LogP contribution in [0, 0.1) is 0 Å². The molecule has 5 nitrogen and oxygen atoms in total. The van der Waals surface area contributed by atoms with E-state index in [-0.39, 0.29) is 11.9 Å². The Kier molecular flexibility index (Phi) is 6.87. The van der Waals surface area contributed by atoms with Gasteiger partial charge in [-0.05, 0) is 39.4 Å². The number of nitrogens with one attached hydrogen (secondary N) is 1. The number of nitrogen functional groups attached to an aromatic ring is 1. The van der Waals surface area contributed by atoms with E-state index in [1.165, 1.54) is 0 Å². The topological polar surface area (TPSA) is 67.6 Å². The van der Waals surface area contributed by atoms with Crippen molar-refractivity contribution in [3.8, 4) is 5.75 Å². The van der Waals surface area contributed by atoms with Gasteiger partial charge in [0.2, 0.25) is 5.91 Å². The largest absolute Gasteiger partial charge is 0.493 e. The second kappa shape index (κ2) is 8.43. The summed E-state index contributed by atoms with van der Waals surface area (Å²) in [7, 11) is 1.93. The van der Waals surface area contributed by atoms with Crippen LogP contribution in [0.1, 0.15) is 20.3 Å². The minimum Gasteiger partial charge on any atom is -0.493 e. The van der Waals surface area contributed by atoms with Gasteiger partial charge in [-0.15, -0.1) is 0 Å². The van der Waals surface area contributed by atoms with Crippen LogP contribution >= 0.6 is 0 Å². The molecule has 112 valence electrons. The Bertz CT molecular complexity index is 421. The highest BCUT2D eigenvalue weighted by Gasteiger charge is 2.07. The van der Waals surface area contributed by atoms with Gasteiger partial charge in [0.05, 0.1) is 13.2 Å². The molecule has 0 radical (unpaired) electrons. The molecule has 0 aliphatic carbocycles. The Balaban J connectivity index is 2.16. The van der Waals surface area contributed by atoms with Gasteiger partial charge in [0.25, 0.3) is 0 Å². The Morgan fingerprint density at radius 2 is 2.20 bits per heavy atom. The Morgan fingerprint density at radius 3 is 2.85 bits per heavy atom. The summed E-state index contributed by atoms with van der Waals surface area (Å²) >= 11 is 0. The predicted molar refractivity (Wildman–Crippen MR) is 81.7 cm³/mol. The van der Waals surface area contributed by atoms with Crippen LogP contribution in [0.25, 0.3) is 0 Å². The average molecular weight is 279 g/mol. The van der Waals surface area contributed by atoms with Gasteiger partial charge in [-0.2, -0.15) is 0 Å². The Labute approximate surface area is 121 Å². The average Bonchev–Trinajstić information content (AvgIpc) is 2.33. The summed E-state index contributed by atoms with van der Waals surface area (Å²) < 4.78 is 5.60. The molecule has 0 aliphatic heterocycles. The lowest BCUT2D eigenvalue weighted by Gasteiger charge is -2.17. The van der Waals surface area contributed by atoms with E-state index >= 15 is 0 Å². The number of ether oxygens (including phenoxy) is 1. The molecule has 0 saturated heterocycles. The van der Waals surface area contributed by atoms with Gasteiger partial charge in [-0.3, -0.25) is 9.69 Å². The second-order valence-corrected chi connectivity index (χ2v) is 5.23. The maximum atomic E-state index is 11.6. The van der Waals surface area contributed by atoms with Crippen LogP contribution in [0.3, 0.4) is 0 Å². The number of amides is 1. The molecule has 5 heteroatoms. The first-order valence-electron chi connectivity index (χ1n) is 6.93. The third kappa shape index (κ3) is 6.99. The van der Waals surface area contributed by atoms with Crippen molar-refractivity contribution in [3.63, 3.8) is 0 Å². The van der Waals surface area contributed by atoms with E-state index in [4.69, 9.17) is 10.5 Å². The summed E-state index contributed by atoms with van der Waals surface area (Å²) in [6.07, 6.45) is 0.861. The van der Waals surface area contributed by atoms with Crippen molar-refractivity contribution >= 4 is 11.6 Å². The van der Waals surface area contributed by atoms with Crippen LogP contribution in [-0.2, 0) is 4.79 Å². The minimum absolute atomic E-state index is 0.0549. The van der Waals surface area contributed by atoms with Crippen LogP contribution in [0.2, 0.25) is 0 Å². The fourth-order valence-electron chi connectivity index (χ4n) is 1.82. The predicted octanol–water partition coefficient (Wildman–Crippen LogP) is 1.49. The first-order chi connectivity index (χ1) is 9.47. The molecule has 0 spiro atoms. The van der Waals surface area contributed by atoms with E-state index in [0.717, 1.165) is 18.7 Å². The minimum atomic E-state index is 0.0549. The second-order valence-electron chi connectivity index (χ2n) is 5.23. The maximum Gasteiger partial charge on any atom is 0.234 e. The molecule has 0 saturated carbocycles. The fourth-order valence-corrected chi connectivity index (χ4v) is 1.82. The molecule has 0 bridgehead atoms. The molecule has 20 heavy (non-hydrogen) atoms. The summed E-state index contributed by atoms with van der Waals surface area (Å²) in [6, 6.07) is 7.57. The van der Waals surface area contributed by atoms with Crippen molar-refractivity contribution in [1.82, 2.24) is 10.2 Å². The number of carbonyl (C=O) groups is 1. The fraction of sp³-hybridized carbons (Fsp3) is 0.533. The smallest absolute Gasteiger partial charge is 0.234 e. The van der Waals surface area contributed by atoms with Crippen molar-refractivity contribution < 1.29 is 9.53 Å². The zero-order valence-corrected chi connectivity index (χ0v) is 12.6. The quantitative estimate of drug-likeness (QED) is 0.559. The van der Waals surface area contributed by atoms with Crippen LogP contribution < -0.4 is 15.8 Å². The number of benzene rings is 1. The van der Waals surface area contributed by atoms with E-state index in [1.54, 1.807) is 6.07 Å². The lowest BCUT2D eigenvalue weighted by atomic mass is 10.3. The Hall–Kier alpha value is -1.75. The number of anilines is 1. The van der Waals surface area contributed by atoms with Gasteiger partial charge < -0.3 is 15.8 Å². The molecular formula is C15H25N3O2. The van der Waals surface area contributed by atoms with Crippen molar-refractivity contribution in [3.05, 3.63) is 24.3 Å². The monoisotopic (exact) mass is 279 g/mol. The summed E-state index contributed by atoms with van der Waals surface area (Å²) in [6.45, 7) is 5.75. The van der Waals surface area contributed by atoms with Gasteiger partial charge in [0, 0.05) is 24.3 Å². The third-order valence-electron chi connectivity index (χ3n) is 2.67. The number of hydrogen-bond acceptors (Lipinski definition) is 4. The van der Waals surface area contributed by atoms with Crippen LogP contribution in [0.15, 0.2) is 24.3 Å². The highest BCUT2D eigenvalue weighted by Crippen LogP contribution is 2.14. The lowest BCUT2D eigenvalue weighted by molar-refractivity contribution is -0.122. The van der Waals surface area contributed by atoms with Gasteiger partial charge in [-0.25, -0.2) is 0 Å². The van der Waals surface area contributed by atoms with E-state index < -0.39 is 0 Å². The molecule has 1 aromatic rings. The standard InChI is InChI=1S/C15H25N3O2/c1-12(2)17-15(19)11-18(3)8-5-9-20-14-7-4-6-13(16)10-14/h4,6-7,10,12H,5,8-9,11,16H2,1-3H3,(H,17,19). The lowest BCUT2D eigenvalue weighted by Crippen LogP contribution is -2.39. The molecule has 1 rings (SSSR count). The zero-order chi connectivity index (χ0) is 15.0. The summed E-state index contributed by atoms with van der Waals surface area (Å²) in [4.78, 5) is 13.5. The molecule has 0 atom stereocenters. The van der Waals surface area contributed by atoms with Gasteiger partial charge in [0.15, 0.2) is 0 Å². The van der Waals surface area contributed by atoms with E-state index in [2.05, 4.69) is 5.32 Å². The first kappa shape index (κ1) is 16.3. The molecule has 0 heterocycles. The number of hydrogen-bond donors (Lipinski definition) is 2. The first-order valence-corrected chi connectivity index (χ1v) is 6.93. The van der Waals surface area contributed by atoms with Gasteiger partial charge in [-0.1, -0.05) is 6.07 Å². The van der Waals surface area contributed by atoms with Crippen molar-refractivity contribution in [1.29, 1.82) is 0 Å². The SMILES string of the molecule is CC(C)NC(=O)CN(C)CCCOc1cccc(N)c1. The van der Waals surface area contributed by atoms with Crippen LogP contribution in [-0.4, -0.2) is 43.6 Å². The molecule has 1 amide bonds. The number of rotatable bonds is 8. The van der Waals surface area contributed by atoms with Crippen LogP contribution in [0.4, 0.5) is 5.69 Å². The summed E-state index contributed by atoms with van der Waals surface area (Å²) in [5, 5.41) is 2.87. The number of carbonyl (C=O) groups excluding carboxylic acids is 1. The number of likely N-dealkylation sites (N-methyl/N-ethyl adjacent to an activating group) is 1. The highest BCUT2D eigenvalue weighted by atomic mass is 16.5. The maximum absolute atomic E-state index is 11.6. The number of nitrogens with two attached hydrogens (primary N) is 1. The molecule has 0 fully saturated rings. The molecule has 1 aromatic carbocycles. The normalized spacial score (nSPS) is 10.8. The van der Waals surface area contributed by atoms with Crippen molar-refractivity contribution in [2.45, 2.75) is 26.3 Å². The number of nitrogens with zero attached hydrogens (tertiary/aromatic N) is 1. The van der Waals surface area contributed by atoms with Crippen molar-refractivity contribution in [2.24, 2.45) is 0 Å². The summed E-state index contributed by atoms with van der Waals surface area (Å²) in [5.41, 5.74) is 6.37. The van der Waals surface area contributed by atoms with Gasteiger partial charge in [0.1, 0.15) is 5.75 Å². The highest BCUT2D eigenvalue weighted by molar-refractivity contribution is 5.78. The van der Waals surface area contributed by atoms with Crippen molar-refractivity contribution in [2.75, 3.05) is 32.5 Å². The van der Waals surface area contributed by atoms with Gasteiger partial charge >= 0.3 is 0 Å². The molecule has 0 unspecified atom stereocenters. The molecular weight excluding hydrogens is 254 g/mol. The molecule has 0 aromatic heterocycles. The Morgan fingerprint density at radius 1 is 1.45 bits per heavy atom. The zero-order valence-electron chi connectivity index (χ0n) is 12.6. The van der Waals surface area contributed by atoms with E-state index in [1.807, 2.05) is 44.0 Å². The summed E-state index contributed by atoms with van der Waals surface area (Å²) in [5.74, 6) is 0.837. The molecule has 0 aliphatic rings. The van der Waals surface area contributed by atoms with E-state index in [0.29, 0.717) is 18.8 Å². The third-order valence-corrected chi connectivity index (χ3v) is 2.67.